The highest BCUT2D eigenvalue weighted by Crippen LogP contribution is 2.46. The summed E-state index contributed by atoms with van der Waals surface area (Å²) in [4.78, 5) is 13.5. The lowest BCUT2D eigenvalue weighted by Gasteiger charge is -2.29. The number of amides is 1. The Hall–Kier alpha value is -4.53. The highest BCUT2D eigenvalue weighted by atomic mass is 19.1. The van der Waals surface area contributed by atoms with Gasteiger partial charge in [-0.25, -0.2) is 9.40 Å². The minimum Gasteiger partial charge on any atom is -0.481 e. The lowest BCUT2D eigenvalue weighted by atomic mass is 9.77. The van der Waals surface area contributed by atoms with Crippen LogP contribution in [0, 0.1) is 11.7 Å². The Kier molecular flexibility index (Phi) is 5.83. The molecule has 0 radical (unpaired) electrons. The predicted octanol–water partition coefficient (Wildman–Crippen LogP) is 5.49. The predicted molar refractivity (Wildman–Crippen MR) is 139 cm³/mol. The van der Waals surface area contributed by atoms with E-state index >= 15 is 0 Å². The summed E-state index contributed by atoms with van der Waals surface area (Å²) < 4.78 is 41.8. The molecule has 0 N–H and O–H groups in total. The number of hydrogen-bond donors (Lipinski definition) is 0. The maximum Gasteiger partial charge on any atom is 0.281 e. The third kappa shape index (κ3) is 4.33. The Balaban J connectivity index is 1.23. The smallest absolute Gasteiger partial charge is 0.281 e. The minimum absolute atomic E-state index is 0.0169. The fourth-order valence-corrected chi connectivity index (χ4v) is 5.61. The van der Waals surface area contributed by atoms with E-state index in [4.69, 9.17) is 28.8 Å². The van der Waals surface area contributed by atoms with E-state index in [1.165, 1.54) is 17.1 Å². The lowest BCUT2D eigenvalue weighted by molar-refractivity contribution is -0.135. The van der Waals surface area contributed by atoms with E-state index in [0.717, 1.165) is 47.4 Å². The molecule has 2 atom stereocenters. The van der Waals surface area contributed by atoms with Crippen molar-refractivity contribution in [2.24, 2.45) is 11.0 Å². The van der Waals surface area contributed by atoms with Gasteiger partial charge >= 0.3 is 0 Å². The first-order valence-corrected chi connectivity index (χ1v) is 12.9. The highest BCUT2D eigenvalue weighted by Gasteiger charge is 2.44. The Bertz CT molecular complexity index is 1520. The summed E-state index contributed by atoms with van der Waals surface area (Å²) in [6, 6.07) is 17.2. The molecule has 3 aliphatic heterocycles. The van der Waals surface area contributed by atoms with Crippen molar-refractivity contribution in [1.82, 2.24) is 5.01 Å². The SMILES string of the molecule is O=C(COc1ccccc1F)N1N=C2/C(=C\c3ccc4c(c3)OCO4)CCC[C@@H]2[C@@H]1c1ccc2c(c1)OCO2. The summed E-state index contributed by atoms with van der Waals surface area (Å²) in [5.41, 5.74) is 3.82. The molecule has 9 heteroatoms. The molecule has 4 aliphatic rings. The van der Waals surface area contributed by atoms with Crippen LogP contribution in [0.1, 0.15) is 36.4 Å². The number of carbonyl (C=O) groups is 1. The van der Waals surface area contributed by atoms with Crippen molar-refractivity contribution >= 4 is 17.7 Å². The van der Waals surface area contributed by atoms with E-state index < -0.39 is 5.82 Å². The van der Waals surface area contributed by atoms with Gasteiger partial charge in [-0.3, -0.25) is 4.79 Å². The van der Waals surface area contributed by atoms with Crippen molar-refractivity contribution in [2.75, 3.05) is 20.2 Å². The summed E-state index contributed by atoms with van der Waals surface area (Å²) in [5.74, 6) is 1.89. The summed E-state index contributed by atoms with van der Waals surface area (Å²) in [6.45, 7) is 0.0379. The van der Waals surface area contributed by atoms with Crippen LogP contribution in [0.5, 0.6) is 28.7 Å². The minimum atomic E-state index is -0.520. The first kappa shape index (κ1) is 23.6. The Morgan fingerprint density at radius 3 is 2.54 bits per heavy atom. The quantitative estimate of drug-likeness (QED) is 0.436. The molecule has 1 fully saturated rings. The molecule has 1 saturated carbocycles. The second-order valence-electron chi connectivity index (χ2n) is 9.78. The Morgan fingerprint density at radius 2 is 1.72 bits per heavy atom. The molecule has 39 heavy (non-hydrogen) atoms. The van der Waals surface area contributed by atoms with Crippen LogP contribution in [0.4, 0.5) is 4.39 Å². The first-order chi connectivity index (χ1) is 19.1. The molecular weight excluding hydrogens is 503 g/mol. The number of carbonyl (C=O) groups excluding carboxylic acids is 1. The topological polar surface area (TPSA) is 78.8 Å². The average molecular weight is 529 g/mol. The maximum absolute atomic E-state index is 14.1. The van der Waals surface area contributed by atoms with Crippen molar-refractivity contribution < 1.29 is 32.9 Å². The van der Waals surface area contributed by atoms with E-state index in [1.54, 1.807) is 12.1 Å². The largest absolute Gasteiger partial charge is 0.481 e. The number of rotatable bonds is 5. The van der Waals surface area contributed by atoms with E-state index in [9.17, 15) is 9.18 Å². The van der Waals surface area contributed by atoms with Crippen molar-refractivity contribution in [3.05, 3.63) is 83.2 Å². The summed E-state index contributed by atoms with van der Waals surface area (Å²) in [5, 5.41) is 6.37. The van der Waals surface area contributed by atoms with Gasteiger partial charge in [-0.15, -0.1) is 0 Å². The molecule has 0 unspecified atom stereocenters. The van der Waals surface area contributed by atoms with E-state index in [0.29, 0.717) is 17.2 Å². The molecule has 3 heterocycles. The standard InChI is InChI=1S/C30H25FN2O6/c31-22-6-1-2-7-23(22)35-15-28(34)33-30(20-9-11-25-27(14-20)39-17-37-25)21-5-3-4-19(29(21)32-33)12-18-8-10-24-26(13-18)38-16-36-24/h1-2,6-14,21,30H,3-5,15-17H2/b19-12-/t21-,30-/m0/s1. The van der Waals surface area contributed by atoms with Crippen molar-refractivity contribution in [1.29, 1.82) is 0 Å². The van der Waals surface area contributed by atoms with Crippen LogP contribution >= 0.6 is 0 Å². The van der Waals surface area contributed by atoms with Gasteiger partial charge in [-0.05, 0) is 78.4 Å². The third-order valence-electron chi connectivity index (χ3n) is 7.42. The first-order valence-electron chi connectivity index (χ1n) is 12.9. The van der Waals surface area contributed by atoms with Gasteiger partial charge in [0, 0.05) is 5.92 Å². The van der Waals surface area contributed by atoms with Gasteiger partial charge in [0.05, 0.1) is 11.8 Å². The van der Waals surface area contributed by atoms with Gasteiger partial charge in [0.15, 0.2) is 41.2 Å². The fraction of sp³-hybridized carbons (Fsp3) is 0.267. The van der Waals surface area contributed by atoms with Crippen LogP contribution in [0.2, 0.25) is 0 Å². The normalized spacial score (nSPS) is 21.6. The zero-order valence-electron chi connectivity index (χ0n) is 21.0. The molecule has 7 rings (SSSR count). The molecule has 198 valence electrons. The van der Waals surface area contributed by atoms with Crippen LogP contribution < -0.4 is 23.7 Å². The Morgan fingerprint density at radius 1 is 0.974 bits per heavy atom. The van der Waals surface area contributed by atoms with Crippen LogP contribution in [0.3, 0.4) is 0 Å². The van der Waals surface area contributed by atoms with Gasteiger partial charge in [-0.1, -0.05) is 24.3 Å². The Labute approximate surface area is 224 Å². The zero-order chi connectivity index (χ0) is 26.3. The average Bonchev–Trinajstić information content (AvgIpc) is 3.70. The summed E-state index contributed by atoms with van der Waals surface area (Å²) in [6.07, 6.45) is 4.77. The number of hydrogen-bond acceptors (Lipinski definition) is 7. The number of halogens is 1. The van der Waals surface area contributed by atoms with Gasteiger partial charge in [-0.2, -0.15) is 5.10 Å². The molecule has 1 aliphatic carbocycles. The lowest BCUT2D eigenvalue weighted by Crippen LogP contribution is -2.34. The third-order valence-corrected chi connectivity index (χ3v) is 7.42. The van der Waals surface area contributed by atoms with Crippen molar-refractivity contribution in [3.8, 4) is 28.7 Å². The number of benzene rings is 3. The van der Waals surface area contributed by atoms with E-state index in [-0.39, 0.29) is 43.8 Å². The number of allylic oxidation sites excluding steroid dienone is 1. The molecule has 3 aromatic rings. The summed E-state index contributed by atoms with van der Waals surface area (Å²) >= 11 is 0. The number of hydrazone groups is 1. The monoisotopic (exact) mass is 528 g/mol. The van der Waals surface area contributed by atoms with Crippen LogP contribution in [0.15, 0.2) is 71.3 Å². The van der Waals surface area contributed by atoms with Crippen LogP contribution in [-0.2, 0) is 4.79 Å². The second-order valence-corrected chi connectivity index (χ2v) is 9.78. The molecule has 0 aromatic heterocycles. The van der Waals surface area contributed by atoms with Gasteiger partial charge < -0.3 is 23.7 Å². The summed E-state index contributed by atoms with van der Waals surface area (Å²) in [7, 11) is 0. The van der Waals surface area contributed by atoms with Gasteiger partial charge in [0.1, 0.15) is 0 Å². The second kappa shape index (κ2) is 9.65. The number of para-hydroxylation sites is 1. The van der Waals surface area contributed by atoms with Gasteiger partial charge in [0.25, 0.3) is 5.91 Å². The molecular formula is C30H25FN2O6. The number of fused-ring (bicyclic) bond motifs is 3. The van der Waals surface area contributed by atoms with Gasteiger partial charge in [0.2, 0.25) is 13.6 Å². The number of nitrogens with zero attached hydrogens (tertiary/aromatic N) is 2. The highest BCUT2D eigenvalue weighted by molar-refractivity contribution is 6.08. The maximum atomic E-state index is 14.1. The van der Waals surface area contributed by atoms with E-state index in [1.807, 2.05) is 36.4 Å². The molecule has 3 aromatic carbocycles. The number of ether oxygens (including phenoxy) is 5. The molecule has 8 nitrogen and oxygen atoms in total. The zero-order valence-corrected chi connectivity index (χ0v) is 21.0. The molecule has 0 bridgehead atoms. The molecule has 0 saturated heterocycles. The van der Waals surface area contributed by atoms with Crippen molar-refractivity contribution in [3.63, 3.8) is 0 Å². The van der Waals surface area contributed by atoms with E-state index in [2.05, 4.69) is 6.08 Å². The molecule has 1 amide bonds. The molecule has 0 spiro atoms. The fourth-order valence-electron chi connectivity index (χ4n) is 5.61. The van der Waals surface area contributed by atoms with Crippen molar-refractivity contribution in [2.45, 2.75) is 25.3 Å². The van der Waals surface area contributed by atoms with Crippen LogP contribution in [0.25, 0.3) is 6.08 Å². The van der Waals surface area contributed by atoms with Crippen LogP contribution in [-0.4, -0.2) is 36.8 Å².